The number of hydrogen-bond acceptors (Lipinski definition) is 3. The molecule has 0 saturated heterocycles. The first kappa shape index (κ1) is 15.6. The zero-order chi connectivity index (χ0) is 15.2. The van der Waals surface area contributed by atoms with E-state index in [4.69, 9.17) is 22.5 Å². The Morgan fingerprint density at radius 2 is 2.05 bits per heavy atom. The summed E-state index contributed by atoms with van der Waals surface area (Å²) in [6.45, 7) is 0.157. The lowest BCUT2D eigenvalue weighted by Crippen LogP contribution is -2.45. The molecular weight excluding hydrogens is 290 g/mol. The second-order valence-corrected chi connectivity index (χ2v) is 5.73. The van der Waals surface area contributed by atoms with Gasteiger partial charge in [-0.2, -0.15) is 0 Å². The molecular formula is C15H20ClN3O2. The molecule has 1 fully saturated rings. The van der Waals surface area contributed by atoms with Crippen molar-refractivity contribution in [1.82, 2.24) is 4.90 Å². The fraction of sp³-hybridized carbons (Fsp3) is 0.467. The second-order valence-electron chi connectivity index (χ2n) is 5.32. The predicted octanol–water partition coefficient (Wildman–Crippen LogP) is 2.40. The Labute approximate surface area is 129 Å². The average molecular weight is 310 g/mol. The Morgan fingerprint density at radius 1 is 1.38 bits per heavy atom. The van der Waals surface area contributed by atoms with Crippen LogP contribution < -0.4 is 5.73 Å². The smallest absolute Gasteiger partial charge is 0.227 e. The number of nitrogens with zero attached hydrogens (tertiary/aromatic N) is 2. The molecule has 2 rings (SSSR count). The number of rotatable bonds is 5. The maximum absolute atomic E-state index is 12.6. The van der Waals surface area contributed by atoms with Crippen LogP contribution in [0.25, 0.3) is 0 Å². The van der Waals surface area contributed by atoms with Crippen molar-refractivity contribution in [3.05, 3.63) is 34.9 Å². The minimum Gasteiger partial charge on any atom is -0.409 e. The van der Waals surface area contributed by atoms with Crippen molar-refractivity contribution >= 4 is 23.3 Å². The highest BCUT2D eigenvalue weighted by molar-refractivity contribution is 6.31. The van der Waals surface area contributed by atoms with Crippen LogP contribution >= 0.6 is 11.6 Å². The molecule has 0 aliphatic heterocycles. The summed E-state index contributed by atoms with van der Waals surface area (Å²) in [6.07, 6.45) is 4.38. The quantitative estimate of drug-likeness (QED) is 0.379. The lowest BCUT2D eigenvalue weighted by atomic mass is 10.1. The Hall–Kier alpha value is -1.75. The van der Waals surface area contributed by atoms with Crippen molar-refractivity contribution < 1.29 is 10.0 Å². The highest BCUT2D eigenvalue weighted by atomic mass is 35.5. The first-order valence-corrected chi connectivity index (χ1v) is 7.49. The SMILES string of the molecule is NC(CN(C(=O)Cc1ccccc1Cl)C1CCCC1)=NO. The Morgan fingerprint density at radius 3 is 2.67 bits per heavy atom. The van der Waals surface area contributed by atoms with Crippen molar-refractivity contribution in [2.75, 3.05) is 6.54 Å². The maximum atomic E-state index is 12.6. The van der Waals surface area contributed by atoms with Gasteiger partial charge in [-0.15, -0.1) is 0 Å². The molecule has 0 atom stereocenters. The molecule has 1 aromatic carbocycles. The van der Waals surface area contributed by atoms with Gasteiger partial charge >= 0.3 is 0 Å². The van der Waals surface area contributed by atoms with Crippen molar-refractivity contribution in [3.8, 4) is 0 Å². The predicted molar refractivity (Wildman–Crippen MR) is 82.5 cm³/mol. The minimum absolute atomic E-state index is 0.0402. The highest BCUT2D eigenvalue weighted by Crippen LogP contribution is 2.25. The van der Waals surface area contributed by atoms with E-state index in [0.717, 1.165) is 31.2 Å². The van der Waals surface area contributed by atoms with Gasteiger partial charge in [-0.25, -0.2) is 0 Å². The number of carbonyl (C=O) groups excluding carboxylic acids is 1. The molecule has 0 aromatic heterocycles. The summed E-state index contributed by atoms with van der Waals surface area (Å²) in [5.74, 6) is 0.0102. The summed E-state index contributed by atoms with van der Waals surface area (Å²) in [7, 11) is 0. The van der Waals surface area contributed by atoms with Crippen LogP contribution in [0, 0.1) is 0 Å². The van der Waals surface area contributed by atoms with Crippen LogP contribution in [0.3, 0.4) is 0 Å². The van der Waals surface area contributed by atoms with Gasteiger partial charge < -0.3 is 15.8 Å². The summed E-state index contributed by atoms with van der Waals surface area (Å²) in [4.78, 5) is 14.3. The van der Waals surface area contributed by atoms with Crippen molar-refractivity contribution in [2.24, 2.45) is 10.9 Å². The molecule has 1 saturated carbocycles. The summed E-state index contributed by atoms with van der Waals surface area (Å²) in [5.41, 5.74) is 6.38. The average Bonchev–Trinajstić information content (AvgIpc) is 3.00. The van der Waals surface area contributed by atoms with E-state index in [1.807, 2.05) is 18.2 Å². The van der Waals surface area contributed by atoms with Crippen LogP contribution in [0.5, 0.6) is 0 Å². The van der Waals surface area contributed by atoms with E-state index in [-0.39, 0.29) is 30.8 Å². The zero-order valence-corrected chi connectivity index (χ0v) is 12.6. The first-order valence-electron chi connectivity index (χ1n) is 7.11. The van der Waals surface area contributed by atoms with Gasteiger partial charge in [-0.05, 0) is 24.5 Å². The molecule has 114 valence electrons. The molecule has 0 radical (unpaired) electrons. The largest absolute Gasteiger partial charge is 0.409 e. The topological polar surface area (TPSA) is 78.9 Å². The van der Waals surface area contributed by atoms with Gasteiger partial charge in [0.05, 0.1) is 13.0 Å². The molecule has 5 nitrogen and oxygen atoms in total. The Kier molecular flexibility index (Phi) is 5.44. The van der Waals surface area contributed by atoms with E-state index < -0.39 is 0 Å². The number of hydrogen-bond donors (Lipinski definition) is 2. The lowest BCUT2D eigenvalue weighted by Gasteiger charge is -2.28. The van der Waals surface area contributed by atoms with Gasteiger partial charge in [0.2, 0.25) is 5.91 Å². The summed E-state index contributed by atoms with van der Waals surface area (Å²) in [5, 5.41) is 12.3. The molecule has 3 N–H and O–H groups in total. The number of benzene rings is 1. The maximum Gasteiger partial charge on any atom is 0.227 e. The fourth-order valence-electron chi connectivity index (χ4n) is 2.75. The monoisotopic (exact) mass is 309 g/mol. The fourth-order valence-corrected chi connectivity index (χ4v) is 2.95. The van der Waals surface area contributed by atoms with Crippen LogP contribution in [0.2, 0.25) is 5.02 Å². The number of nitrogens with two attached hydrogens (primary N) is 1. The number of carbonyl (C=O) groups is 1. The van der Waals surface area contributed by atoms with Crippen molar-refractivity contribution in [3.63, 3.8) is 0 Å². The van der Waals surface area contributed by atoms with Gasteiger partial charge in [0.25, 0.3) is 0 Å². The minimum atomic E-state index is -0.0402. The third-order valence-electron chi connectivity index (χ3n) is 3.85. The third kappa shape index (κ3) is 4.11. The number of halogens is 1. The Bertz CT molecular complexity index is 527. The molecule has 1 amide bonds. The van der Waals surface area contributed by atoms with E-state index in [2.05, 4.69) is 5.16 Å². The molecule has 0 bridgehead atoms. The normalized spacial score (nSPS) is 16.1. The third-order valence-corrected chi connectivity index (χ3v) is 4.21. The van der Waals surface area contributed by atoms with Crippen LogP contribution in [0.4, 0.5) is 0 Å². The van der Waals surface area contributed by atoms with Crippen LogP contribution in [-0.2, 0) is 11.2 Å². The zero-order valence-electron chi connectivity index (χ0n) is 11.8. The molecule has 21 heavy (non-hydrogen) atoms. The molecule has 1 aliphatic carbocycles. The molecule has 1 aliphatic rings. The van der Waals surface area contributed by atoms with E-state index in [1.54, 1.807) is 11.0 Å². The number of amides is 1. The summed E-state index contributed by atoms with van der Waals surface area (Å²) < 4.78 is 0. The summed E-state index contributed by atoms with van der Waals surface area (Å²) >= 11 is 6.11. The Balaban J connectivity index is 2.11. The van der Waals surface area contributed by atoms with Gasteiger partial charge in [-0.3, -0.25) is 4.79 Å². The van der Waals surface area contributed by atoms with Crippen LogP contribution in [-0.4, -0.2) is 34.4 Å². The standard InChI is InChI=1S/C15H20ClN3O2/c16-13-8-4-1-5-11(13)9-15(20)19(10-14(17)18-21)12-6-2-3-7-12/h1,4-5,8,12,21H,2-3,6-7,9-10H2,(H2,17,18). The number of oxime groups is 1. The summed E-state index contributed by atoms with van der Waals surface area (Å²) in [6, 6.07) is 7.48. The van der Waals surface area contributed by atoms with Crippen molar-refractivity contribution in [1.29, 1.82) is 0 Å². The van der Waals surface area contributed by atoms with Gasteiger partial charge in [0.15, 0.2) is 5.84 Å². The molecule has 6 heteroatoms. The van der Waals surface area contributed by atoms with Gasteiger partial charge in [0.1, 0.15) is 0 Å². The van der Waals surface area contributed by atoms with Gasteiger partial charge in [0, 0.05) is 11.1 Å². The van der Waals surface area contributed by atoms with Crippen LogP contribution in [0.1, 0.15) is 31.2 Å². The van der Waals surface area contributed by atoms with Crippen molar-refractivity contribution in [2.45, 2.75) is 38.1 Å². The van der Waals surface area contributed by atoms with E-state index >= 15 is 0 Å². The first-order chi connectivity index (χ1) is 10.1. The van der Waals surface area contributed by atoms with Gasteiger partial charge in [-0.1, -0.05) is 47.8 Å². The van der Waals surface area contributed by atoms with E-state index in [0.29, 0.717) is 5.02 Å². The molecule has 0 heterocycles. The highest BCUT2D eigenvalue weighted by Gasteiger charge is 2.27. The van der Waals surface area contributed by atoms with Crippen LogP contribution in [0.15, 0.2) is 29.4 Å². The van der Waals surface area contributed by atoms with E-state index in [9.17, 15) is 4.79 Å². The van der Waals surface area contributed by atoms with E-state index in [1.165, 1.54) is 0 Å². The molecule has 1 aromatic rings. The second kappa shape index (κ2) is 7.31. The molecule has 0 spiro atoms. The number of amidine groups is 1. The lowest BCUT2D eigenvalue weighted by molar-refractivity contribution is -0.131. The molecule has 0 unspecified atom stereocenters.